The Morgan fingerprint density at radius 3 is 2.81 bits per heavy atom. The molecule has 4 nitrogen and oxygen atoms in total. The van der Waals surface area contributed by atoms with E-state index in [1.54, 1.807) is 7.11 Å². The summed E-state index contributed by atoms with van der Waals surface area (Å²) in [6, 6.07) is 4.04. The molecular weight excluding hydrogens is 202 g/mol. The molecule has 0 atom stereocenters. The molecule has 0 spiro atoms. The molecule has 1 heterocycles. The number of nitrogens with zero attached hydrogens (tertiary/aromatic N) is 2. The van der Waals surface area contributed by atoms with Crippen molar-refractivity contribution in [2.75, 3.05) is 32.2 Å². The van der Waals surface area contributed by atoms with Gasteiger partial charge in [0.2, 0.25) is 0 Å². The fourth-order valence-electron chi connectivity index (χ4n) is 1.61. The van der Waals surface area contributed by atoms with Crippen molar-refractivity contribution in [1.29, 1.82) is 0 Å². The van der Waals surface area contributed by atoms with Crippen molar-refractivity contribution in [3.05, 3.63) is 23.4 Å². The van der Waals surface area contributed by atoms with Gasteiger partial charge in [0.15, 0.2) is 0 Å². The number of hydrogen-bond acceptors (Lipinski definition) is 4. The molecule has 0 amide bonds. The van der Waals surface area contributed by atoms with Crippen molar-refractivity contribution in [1.82, 2.24) is 4.98 Å². The summed E-state index contributed by atoms with van der Waals surface area (Å²) in [6.45, 7) is 4.22. The van der Waals surface area contributed by atoms with Crippen LogP contribution in [0.2, 0.25) is 0 Å². The lowest BCUT2D eigenvalue weighted by Gasteiger charge is -2.21. The zero-order valence-electron chi connectivity index (χ0n) is 10.4. The predicted molar refractivity (Wildman–Crippen MR) is 66.6 cm³/mol. The highest BCUT2D eigenvalue weighted by molar-refractivity contribution is 5.46. The topological polar surface area (TPSA) is 51.4 Å². The summed E-state index contributed by atoms with van der Waals surface area (Å²) in [6.07, 6.45) is 0.993. The summed E-state index contributed by atoms with van der Waals surface area (Å²) >= 11 is 0. The molecule has 0 fully saturated rings. The summed E-state index contributed by atoms with van der Waals surface area (Å²) < 4.78 is 5.04. The number of methoxy groups -OCH3 is 1. The Bertz CT molecular complexity index is 328. The van der Waals surface area contributed by atoms with E-state index >= 15 is 0 Å². The Morgan fingerprint density at radius 1 is 1.44 bits per heavy atom. The average Bonchev–Trinajstić information content (AvgIpc) is 2.29. The first kappa shape index (κ1) is 12.9. The Balaban J connectivity index is 2.72. The summed E-state index contributed by atoms with van der Waals surface area (Å²) in [4.78, 5) is 6.66. The van der Waals surface area contributed by atoms with Gasteiger partial charge in [0.25, 0.3) is 0 Å². The minimum atomic E-state index is 0.525. The molecule has 0 aliphatic carbocycles. The average molecular weight is 223 g/mol. The van der Waals surface area contributed by atoms with Crippen LogP contribution in [0.5, 0.6) is 0 Å². The van der Waals surface area contributed by atoms with E-state index in [1.807, 2.05) is 26.1 Å². The van der Waals surface area contributed by atoms with Crippen LogP contribution in [0, 0.1) is 6.92 Å². The number of anilines is 1. The Labute approximate surface area is 97.4 Å². The molecule has 2 N–H and O–H groups in total. The summed E-state index contributed by atoms with van der Waals surface area (Å²) in [5, 5.41) is 0. The van der Waals surface area contributed by atoms with Crippen LogP contribution < -0.4 is 10.6 Å². The van der Waals surface area contributed by atoms with E-state index in [4.69, 9.17) is 10.5 Å². The molecule has 0 unspecified atom stereocenters. The van der Waals surface area contributed by atoms with E-state index in [9.17, 15) is 0 Å². The van der Waals surface area contributed by atoms with Crippen molar-refractivity contribution in [2.45, 2.75) is 19.9 Å². The van der Waals surface area contributed by atoms with Crippen LogP contribution in [0.1, 0.15) is 17.7 Å². The molecule has 1 aromatic heterocycles. The number of aromatic nitrogens is 1. The summed E-state index contributed by atoms with van der Waals surface area (Å²) in [5.74, 6) is 0.985. The van der Waals surface area contributed by atoms with Crippen LogP contribution in [-0.4, -0.2) is 32.3 Å². The maximum atomic E-state index is 5.70. The summed E-state index contributed by atoms with van der Waals surface area (Å²) in [5.41, 5.74) is 7.81. The first-order chi connectivity index (χ1) is 7.69. The molecule has 1 rings (SSSR count). The van der Waals surface area contributed by atoms with Crippen LogP contribution >= 0.6 is 0 Å². The van der Waals surface area contributed by atoms with E-state index in [1.165, 1.54) is 0 Å². The zero-order chi connectivity index (χ0) is 12.0. The molecule has 0 saturated carbocycles. The maximum Gasteiger partial charge on any atom is 0.133 e. The molecule has 4 heteroatoms. The fraction of sp³-hybridized carbons (Fsp3) is 0.583. The van der Waals surface area contributed by atoms with Gasteiger partial charge in [-0.2, -0.15) is 0 Å². The molecule has 0 bridgehead atoms. The van der Waals surface area contributed by atoms with E-state index in [2.05, 4.69) is 9.88 Å². The predicted octanol–water partition coefficient (Wildman–Crippen LogP) is 1.32. The van der Waals surface area contributed by atoms with E-state index in [-0.39, 0.29) is 0 Å². The largest absolute Gasteiger partial charge is 0.385 e. The third-order valence-corrected chi connectivity index (χ3v) is 2.52. The van der Waals surface area contributed by atoms with Gasteiger partial charge in [0.1, 0.15) is 5.82 Å². The molecular formula is C12H21N3O. The minimum Gasteiger partial charge on any atom is -0.385 e. The van der Waals surface area contributed by atoms with E-state index in [0.29, 0.717) is 6.54 Å². The third-order valence-electron chi connectivity index (χ3n) is 2.52. The number of hydrogen-bond donors (Lipinski definition) is 1. The van der Waals surface area contributed by atoms with Gasteiger partial charge in [-0.05, 0) is 19.4 Å². The van der Waals surface area contributed by atoms with E-state index < -0.39 is 0 Å². The molecule has 90 valence electrons. The molecule has 16 heavy (non-hydrogen) atoms. The first-order valence-corrected chi connectivity index (χ1v) is 5.55. The second-order valence-corrected chi connectivity index (χ2v) is 3.91. The number of ether oxygens (including phenoxy) is 1. The fourth-order valence-corrected chi connectivity index (χ4v) is 1.61. The van der Waals surface area contributed by atoms with Gasteiger partial charge in [-0.1, -0.05) is 6.07 Å². The van der Waals surface area contributed by atoms with Crippen LogP contribution in [0.15, 0.2) is 12.1 Å². The molecule has 0 aromatic carbocycles. The van der Waals surface area contributed by atoms with Crippen molar-refractivity contribution >= 4 is 5.82 Å². The van der Waals surface area contributed by atoms with Gasteiger partial charge in [-0.15, -0.1) is 0 Å². The number of nitrogens with two attached hydrogens (primary N) is 1. The van der Waals surface area contributed by atoms with Crippen molar-refractivity contribution < 1.29 is 4.74 Å². The van der Waals surface area contributed by atoms with Gasteiger partial charge in [0, 0.05) is 45.1 Å². The lowest BCUT2D eigenvalue weighted by Crippen LogP contribution is -2.23. The third kappa shape index (κ3) is 3.47. The number of rotatable bonds is 6. The molecule has 0 saturated heterocycles. The second-order valence-electron chi connectivity index (χ2n) is 3.91. The number of pyridine rings is 1. The number of aryl methyl sites for hydroxylation is 1. The lowest BCUT2D eigenvalue weighted by molar-refractivity contribution is 0.196. The van der Waals surface area contributed by atoms with Gasteiger partial charge >= 0.3 is 0 Å². The summed E-state index contributed by atoms with van der Waals surface area (Å²) in [7, 11) is 3.76. The molecule has 0 radical (unpaired) electrons. The van der Waals surface area contributed by atoms with Crippen LogP contribution in [0.3, 0.4) is 0 Å². The zero-order valence-corrected chi connectivity index (χ0v) is 10.4. The first-order valence-electron chi connectivity index (χ1n) is 5.55. The normalized spacial score (nSPS) is 10.5. The Kier molecular flexibility index (Phi) is 5.22. The Hall–Kier alpha value is -1.13. The van der Waals surface area contributed by atoms with Crippen molar-refractivity contribution in [3.8, 4) is 0 Å². The van der Waals surface area contributed by atoms with Gasteiger partial charge < -0.3 is 15.4 Å². The highest BCUT2D eigenvalue weighted by atomic mass is 16.5. The van der Waals surface area contributed by atoms with Crippen molar-refractivity contribution in [2.24, 2.45) is 5.73 Å². The maximum absolute atomic E-state index is 5.70. The highest BCUT2D eigenvalue weighted by Crippen LogP contribution is 2.16. The standard InChI is InChI=1S/C12H21N3O/c1-10-5-6-11(9-13)12(14-10)15(2)7-4-8-16-3/h5-6H,4,7-9,13H2,1-3H3. The quantitative estimate of drug-likeness (QED) is 0.739. The van der Waals surface area contributed by atoms with Crippen molar-refractivity contribution in [3.63, 3.8) is 0 Å². The van der Waals surface area contributed by atoms with Crippen LogP contribution in [-0.2, 0) is 11.3 Å². The smallest absolute Gasteiger partial charge is 0.133 e. The second kappa shape index (κ2) is 6.45. The van der Waals surface area contributed by atoms with Crippen LogP contribution in [0.25, 0.3) is 0 Å². The monoisotopic (exact) mass is 223 g/mol. The van der Waals surface area contributed by atoms with Crippen LogP contribution in [0.4, 0.5) is 5.82 Å². The van der Waals surface area contributed by atoms with Gasteiger partial charge in [-0.25, -0.2) is 4.98 Å². The minimum absolute atomic E-state index is 0.525. The lowest BCUT2D eigenvalue weighted by atomic mass is 10.2. The van der Waals surface area contributed by atoms with Gasteiger partial charge in [-0.3, -0.25) is 0 Å². The molecule has 1 aromatic rings. The van der Waals surface area contributed by atoms with E-state index in [0.717, 1.165) is 36.6 Å². The molecule has 0 aliphatic heterocycles. The Morgan fingerprint density at radius 2 is 2.19 bits per heavy atom. The highest BCUT2D eigenvalue weighted by Gasteiger charge is 2.08. The molecule has 0 aliphatic rings. The van der Waals surface area contributed by atoms with Gasteiger partial charge in [0.05, 0.1) is 0 Å². The SMILES string of the molecule is COCCCN(C)c1nc(C)ccc1CN.